The number of hydrogen-bond acceptors (Lipinski definition) is 3. The van der Waals surface area contributed by atoms with Crippen molar-refractivity contribution in [2.45, 2.75) is 19.5 Å². The van der Waals surface area contributed by atoms with Crippen LogP contribution in [-0.4, -0.2) is 12.4 Å². The largest absolute Gasteiger partial charge is 0.493 e. The first kappa shape index (κ1) is 16.9. The number of carbonyl (C=O) groups is 1. The van der Waals surface area contributed by atoms with Gasteiger partial charge in [0, 0.05) is 11.3 Å². The molecular formula is C17H16F3NO2. The summed E-state index contributed by atoms with van der Waals surface area (Å²) in [4.78, 5) is 12.5. The molecule has 2 N–H and O–H groups in total. The maximum absolute atomic E-state index is 12.9. The molecule has 0 saturated heterocycles. The van der Waals surface area contributed by atoms with Crippen molar-refractivity contribution in [1.82, 2.24) is 0 Å². The van der Waals surface area contributed by atoms with Gasteiger partial charge in [-0.1, -0.05) is 6.92 Å². The summed E-state index contributed by atoms with van der Waals surface area (Å²) < 4.78 is 44.1. The molecule has 0 aliphatic rings. The van der Waals surface area contributed by atoms with Gasteiger partial charge >= 0.3 is 6.18 Å². The minimum absolute atomic E-state index is 0.113. The summed E-state index contributed by atoms with van der Waals surface area (Å²) in [5.74, 6) is -0.399. The summed E-state index contributed by atoms with van der Waals surface area (Å²) in [7, 11) is 0. The summed E-state index contributed by atoms with van der Waals surface area (Å²) in [5.41, 5.74) is 5.27. The standard InChI is InChI=1S/C17H16F3NO2/c1-2-9-23-15-8-5-12(17(18,19)20)10-14(15)16(22)11-3-6-13(21)7-4-11/h3-8,10H,2,9,21H2,1H3. The quantitative estimate of drug-likeness (QED) is 0.659. The summed E-state index contributed by atoms with van der Waals surface area (Å²) in [5, 5.41) is 0. The molecule has 0 aromatic heterocycles. The Kier molecular flexibility index (Phi) is 4.93. The predicted octanol–water partition coefficient (Wildman–Crippen LogP) is 4.31. The molecule has 6 heteroatoms. The van der Waals surface area contributed by atoms with Crippen LogP contribution in [0.3, 0.4) is 0 Å². The second-order valence-electron chi connectivity index (χ2n) is 5.01. The molecule has 0 spiro atoms. The molecule has 122 valence electrons. The normalized spacial score (nSPS) is 11.3. The van der Waals surface area contributed by atoms with Crippen molar-refractivity contribution in [3.8, 4) is 5.75 Å². The Morgan fingerprint density at radius 1 is 1.13 bits per heavy atom. The molecule has 0 amide bonds. The number of nitrogens with two attached hydrogens (primary N) is 1. The van der Waals surface area contributed by atoms with Crippen molar-refractivity contribution < 1.29 is 22.7 Å². The third kappa shape index (κ3) is 4.03. The number of ketones is 1. The van der Waals surface area contributed by atoms with Crippen LogP contribution in [0.5, 0.6) is 5.75 Å². The number of nitrogen functional groups attached to an aromatic ring is 1. The van der Waals surface area contributed by atoms with E-state index in [1.807, 2.05) is 6.92 Å². The first-order valence-electron chi connectivity index (χ1n) is 7.07. The maximum Gasteiger partial charge on any atom is 0.416 e. The highest BCUT2D eigenvalue weighted by molar-refractivity contribution is 6.11. The summed E-state index contributed by atoms with van der Waals surface area (Å²) in [6.45, 7) is 2.18. The number of halogens is 3. The summed E-state index contributed by atoms with van der Waals surface area (Å²) in [6.07, 6.45) is -3.85. The SMILES string of the molecule is CCCOc1ccc(C(F)(F)F)cc1C(=O)c1ccc(N)cc1. The van der Waals surface area contributed by atoms with Gasteiger partial charge in [-0.25, -0.2) is 0 Å². The van der Waals surface area contributed by atoms with Crippen LogP contribution >= 0.6 is 0 Å². The second-order valence-corrected chi connectivity index (χ2v) is 5.01. The van der Waals surface area contributed by atoms with Crippen molar-refractivity contribution in [1.29, 1.82) is 0 Å². The monoisotopic (exact) mass is 323 g/mol. The van der Waals surface area contributed by atoms with Crippen LogP contribution in [0.15, 0.2) is 42.5 Å². The first-order chi connectivity index (χ1) is 10.8. The third-order valence-electron chi connectivity index (χ3n) is 3.19. The third-order valence-corrected chi connectivity index (χ3v) is 3.19. The zero-order valence-corrected chi connectivity index (χ0v) is 12.5. The topological polar surface area (TPSA) is 52.3 Å². The van der Waals surface area contributed by atoms with Gasteiger partial charge in [0.05, 0.1) is 17.7 Å². The number of carbonyl (C=O) groups excluding carboxylic acids is 1. The van der Waals surface area contributed by atoms with Crippen molar-refractivity contribution in [2.75, 3.05) is 12.3 Å². The van der Waals surface area contributed by atoms with E-state index in [1.54, 1.807) is 0 Å². The molecule has 0 fully saturated rings. The van der Waals surface area contributed by atoms with E-state index < -0.39 is 17.5 Å². The van der Waals surface area contributed by atoms with Crippen LogP contribution in [-0.2, 0) is 6.18 Å². The number of alkyl halides is 3. The predicted molar refractivity (Wildman–Crippen MR) is 81.5 cm³/mol. The number of hydrogen-bond donors (Lipinski definition) is 1. The van der Waals surface area contributed by atoms with E-state index in [1.165, 1.54) is 30.3 Å². The zero-order valence-electron chi connectivity index (χ0n) is 12.5. The van der Waals surface area contributed by atoms with Gasteiger partial charge < -0.3 is 10.5 Å². The fourth-order valence-corrected chi connectivity index (χ4v) is 2.01. The van der Waals surface area contributed by atoms with Crippen LogP contribution in [0.1, 0.15) is 34.8 Å². The highest BCUT2D eigenvalue weighted by atomic mass is 19.4. The molecule has 0 aliphatic carbocycles. The highest BCUT2D eigenvalue weighted by Gasteiger charge is 2.32. The van der Waals surface area contributed by atoms with Crippen LogP contribution in [0.4, 0.5) is 18.9 Å². The molecule has 0 radical (unpaired) electrons. The van der Waals surface area contributed by atoms with E-state index in [4.69, 9.17) is 10.5 Å². The van der Waals surface area contributed by atoms with Crippen molar-refractivity contribution in [2.24, 2.45) is 0 Å². The summed E-state index contributed by atoms with van der Waals surface area (Å²) >= 11 is 0. The molecule has 2 aromatic carbocycles. The molecule has 2 aromatic rings. The van der Waals surface area contributed by atoms with Crippen LogP contribution < -0.4 is 10.5 Å². The molecular weight excluding hydrogens is 307 g/mol. The zero-order chi connectivity index (χ0) is 17.0. The fourth-order valence-electron chi connectivity index (χ4n) is 2.01. The average Bonchev–Trinajstić information content (AvgIpc) is 2.52. The molecule has 0 aliphatic heterocycles. The number of ether oxygens (including phenoxy) is 1. The highest BCUT2D eigenvalue weighted by Crippen LogP contribution is 2.33. The lowest BCUT2D eigenvalue weighted by atomic mass is 10.00. The van der Waals surface area contributed by atoms with E-state index >= 15 is 0 Å². The summed E-state index contributed by atoms with van der Waals surface area (Å²) in [6, 6.07) is 8.90. The van der Waals surface area contributed by atoms with E-state index in [0.29, 0.717) is 18.7 Å². The Balaban J connectivity index is 2.47. The lowest BCUT2D eigenvalue weighted by molar-refractivity contribution is -0.137. The van der Waals surface area contributed by atoms with Crippen molar-refractivity contribution in [3.63, 3.8) is 0 Å². The molecule has 0 unspecified atom stereocenters. The minimum atomic E-state index is -4.53. The maximum atomic E-state index is 12.9. The molecule has 0 heterocycles. The Hall–Kier alpha value is -2.50. The number of benzene rings is 2. The number of anilines is 1. The molecule has 2 rings (SSSR count). The molecule has 3 nitrogen and oxygen atoms in total. The Labute approximate surface area is 131 Å². The Bertz CT molecular complexity index is 694. The van der Waals surface area contributed by atoms with E-state index in [-0.39, 0.29) is 16.9 Å². The number of rotatable bonds is 5. The second kappa shape index (κ2) is 6.73. The van der Waals surface area contributed by atoms with Gasteiger partial charge in [-0.3, -0.25) is 4.79 Å². The van der Waals surface area contributed by atoms with Gasteiger partial charge in [0.2, 0.25) is 0 Å². The van der Waals surface area contributed by atoms with Gasteiger partial charge in [-0.15, -0.1) is 0 Å². The fraction of sp³-hybridized carbons (Fsp3) is 0.235. The molecule has 23 heavy (non-hydrogen) atoms. The van der Waals surface area contributed by atoms with Gasteiger partial charge in [0.25, 0.3) is 0 Å². The van der Waals surface area contributed by atoms with E-state index in [0.717, 1.165) is 12.1 Å². The molecule has 0 bridgehead atoms. The van der Waals surface area contributed by atoms with Gasteiger partial charge in [-0.2, -0.15) is 13.2 Å². The lowest BCUT2D eigenvalue weighted by Gasteiger charge is -2.14. The first-order valence-corrected chi connectivity index (χ1v) is 7.07. The van der Waals surface area contributed by atoms with Gasteiger partial charge in [0.1, 0.15) is 5.75 Å². The van der Waals surface area contributed by atoms with Gasteiger partial charge in [-0.05, 0) is 48.9 Å². The molecule has 0 atom stereocenters. The van der Waals surface area contributed by atoms with Crippen LogP contribution in [0.2, 0.25) is 0 Å². The van der Waals surface area contributed by atoms with Gasteiger partial charge in [0.15, 0.2) is 5.78 Å². The smallest absolute Gasteiger partial charge is 0.416 e. The van der Waals surface area contributed by atoms with Crippen molar-refractivity contribution in [3.05, 3.63) is 59.2 Å². The average molecular weight is 323 g/mol. The minimum Gasteiger partial charge on any atom is -0.493 e. The van der Waals surface area contributed by atoms with Crippen molar-refractivity contribution >= 4 is 11.5 Å². The van der Waals surface area contributed by atoms with Crippen LogP contribution in [0.25, 0.3) is 0 Å². The van der Waals surface area contributed by atoms with E-state index in [2.05, 4.69) is 0 Å². The Morgan fingerprint density at radius 3 is 2.35 bits per heavy atom. The lowest BCUT2D eigenvalue weighted by Crippen LogP contribution is -2.11. The van der Waals surface area contributed by atoms with E-state index in [9.17, 15) is 18.0 Å². The molecule has 0 saturated carbocycles. The van der Waals surface area contributed by atoms with Crippen LogP contribution in [0, 0.1) is 0 Å². The Morgan fingerprint density at radius 2 is 1.78 bits per heavy atom.